The molecule has 2 N–H and O–H groups in total. The van der Waals surface area contributed by atoms with Gasteiger partial charge < -0.3 is 5.73 Å². The zero-order valence-corrected chi connectivity index (χ0v) is 10.7. The summed E-state index contributed by atoms with van der Waals surface area (Å²) in [5.41, 5.74) is 9.10. The Bertz CT molecular complexity index is 482. The Kier molecular flexibility index (Phi) is 4.31. The van der Waals surface area contributed by atoms with Crippen LogP contribution in [0, 0.1) is 0 Å². The van der Waals surface area contributed by atoms with Crippen molar-refractivity contribution >= 4 is 5.69 Å². The molecule has 1 heterocycles. The smallest absolute Gasteiger partial charge is 0.0544 e. The quantitative estimate of drug-likeness (QED) is 0.818. The Morgan fingerprint density at radius 2 is 1.83 bits per heavy atom. The van der Waals surface area contributed by atoms with Crippen LogP contribution in [-0.2, 0) is 13.1 Å². The zero-order valence-electron chi connectivity index (χ0n) is 10.7. The Hall–Kier alpha value is -1.87. The lowest BCUT2D eigenvalue weighted by Gasteiger charge is -2.20. The molecule has 0 aliphatic heterocycles. The van der Waals surface area contributed by atoms with Crippen LogP contribution >= 0.6 is 0 Å². The number of nitrogen functional groups attached to an aromatic ring is 1. The van der Waals surface area contributed by atoms with Gasteiger partial charge in [0.15, 0.2) is 0 Å². The van der Waals surface area contributed by atoms with E-state index in [4.69, 9.17) is 5.73 Å². The predicted molar refractivity (Wildman–Crippen MR) is 74.9 cm³/mol. The van der Waals surface area contributed by atoms with Gasteiger partial charge in [0.2, 0.25) is 0 Å². The van der Waals surface area contributed by atoms with Crippen molar-refractivity contribution in [3.05, 3.63) is 59.9 Å². The van der Waals surface area contributed by atoms with Gasteiger partial charge in [-0.2, -0.15) is 0 Å². The number of nitrogens with zero attached hydrogens (tertiary/aromatic N) is 2. The first-order valence-corrected chi connectivity index (χ1v) is 6.25. The fourth-order valence-corrected chi connectivity index (χ4v) is 1.92. The molecule has 0 atom stereocenters. The fraction of sp³-hybridized carbons (Fsp3) is 0.267. The van der Waals surface area contributed by atoms with Crippen molar-refractivity contribution in [2.75, 3.05) is 12.3 Å². The van der Waals surface area contributed by atoms with Crippen molar-refractivity contribution in [1.29, 1.82) is 0 Å². The summed E-state index contributed by atoms with van der Waals surface area (Å²) in [6.45, 7) is 4.85. The van der Waals surface area contributed by atoms with Crippen LogP contribution in [0.4, 0.5) is 5.69 Å². The SMILES string of the molecule is CCN(Cc1ccccn1)Cc1ccccc1N. The average molecular weight is 241 g/mol. The van der Waals surface area contributed by atoms with Gasteiger partial charge in [0.05, 0.1) is 5.69 Å². The molecule has 0 unspecified atom stereocenters. The van der Waals surface area contributed by atoms with Gasteiger partial charge in [-0.1, -0.05) is 31.2 Å². The summed E-state index contributed by atoms with van der Waals surface area (Å²) in [5, 5.41) is 0. The molecule has 3 heteroatoms. The number of para-hydroxylation sites is 1. The number of anilines is 1. The molecule has 0 bridgehead atoms. The maximum absolute atomic E-state index is 5.97. The molecule has 2 aromatic rings. The summed E-state index contributed by atoms with van der Waals surface area (Å²) in [6, 6.07) is 14.0. The molecule has 0 aliphatic carbocycles. The number of benzene rings is 1. The maximum atomic E-state index is 5.97. The first-order valence-electron chi connectivity index (χ1n) is 6.25. The first-order chi connectivity index (χ1) is 8.79. The van der Waals surface area contributed by atoms with Crippen LogP contribution in [0.2, 0.25) is 0 Å². The van der Waals surface area contributed by atoms with Crippen molar-refractivity contribution in [2.24, 2.45) is 0 Å². The second-order valence-corrected chi connectivity index (χ2v) is 4.32. The van der Waals surface area contributed by atoms with E-state index in [1.807, 2.05) is 36.5 Å². The van der Waals surface area contributed by atoms with Gasteiger partial charge >= 0.3 is 0 Å². The molecule has 0 fully saturated rings. The third-order valence-electron chi connectivity index (χ3n) is 3.01. The molecule has 0 spiro atoms. The molecule has 1 aromatic heterocycles. The highest BCUT2D eigenvalue weighted by molar-refractivity contribution is 5.46. The van der Waals surface area contributed by atoms with Gasteiger partial charge in [-0.05, 0) is 30.3 Å². The van der Waals surface area contributed by atoms with E-state index in [1.54, 1.807) is 0 Å². The number of pyridine rings is 1. The number of rotatable bonds is 5. The van der Waals surface area contributed by atoms with Crippen LogP contribution in [-0.4, -0.2) is 16.4 Å². The molecule has 0 radical (unpaired) electrons. The summed E-state index contributed by atoms with van der Waals surface area (Å²) < 4.78 is 0. The van der Waals surface area contributed by atoms with Gasteiger partial charge in [0, 0.05) is 25.0 Å². The summed E-state index contributed by atoms with van der Waals surface area (Å²) in [7, 11) is 0. The van der Waals surface area contributed by atoms with Crippen LogP contribution in [0.15, 0.2) is 48.7 Å². The molecule has 94 valence electrons. The topological polar surface area (TPSA) is 42.2 Å². The molecule has 2 rings (SSSR count). The number of hydrogen-bond donors (Lipinski definition) is 1. The molecule has 18 heavy (non-hydrogen) atoms. The summed E-state index contributed by atoms with van der Waals surface area (Å²) in [4.78, 5) is 6.69. The van der Waals surface area contributed by atoms with E-state index in [9.17, 15) is 0 Å². The minimum atomic E-state index is 0.853. The molecular formula is C15H19N3. The lowest BCUT2D eigenvalue weighted by atomic mass is 10.1. The van der Waals surface area contributed by atoms with E-state index < -0.39 is 0 Å². The van der Waals surface area contributed by atoms with Crippen LogP contribution in [0.1, 0.15) is 18.2 Å². The molecular weight excluding hydrogens is 222 g/mol. The van der Waals surface area contributed by atoms with Gasteiger partial charge in [-0.3, -0.25) is 9.88 Å². The highest BCUT2D eigenvalue weighted by Gasteiger charge is 2.07. The number of aromatic nitrogens is 1. The van der Waals surface area contributed by atoms with E-state index in [1.165, 1.54) is 5.56 Å². The van der Waals surface area contributed by atoms with Crippen LogP contribution < -0.4 is 5.73 Å². The molecule has 0 saturated heterocycles. The second-order valence-electron chi connectivity index (χ2n) is 4.32. The van der Waals surface area contributed by atoms with E-state index in [0.717, 1.165) is 31.0 Å². The lowest BCUT2D eigenvalue weighted by molar-refractivity contribution is 0.268. The first kappa shape index (κ1) is 12.6. The van der Waals surface area contributed by atoms with Gasteiger partial charge in [0.1, 0.15) is 0 Å². The standard InChI is InChI=1S/C15H19N3/c1-2-18(12-14-8-5-6-10-17-14)11-13-7-3-4-9-15(13)16/h3-10H,2,11-12,16H2,1H3. The normalized spacial score (nSPS) is 10.8. The van der Waals surface area contributed by atoms with E-state index in [-0.39, 0.29) is 0 Å². The van der Waals surface area contributed by atoms with Gasteiger partial charge in [0.25, 0.3) is 0 Å². The summed E-state index contributed by atoms with van der Waals surface area (Å²) in [5.74, 6) is 0. The van der Waals surface area contributed by atoms with Crippen LogP contribution in [0.3, 0.4) is 0 Å². The monoisotopic (exact) mass is 241 g/mol. The van der Waals surface area contributed by atoms with Crippen LogP contribution in [0.5, 0.6) is 0 Å². The Morgan fingerprint density at radius 3 is 2.50 bits per heavy atom. The number of nitrogens with two attached hydrogens (primary N) is 1. The molecule has 1 aromatic carbocycles. The van der Waals surface area contributed by atoms with Crippen molar-refractivity contribution in [1.82, 2.24) is 9.88 Å². The Labute approximate surface area is 108 Å². The third-order valence-corrected chi connectivity index (χ3v) is 3.01. The van der Waals surface area contributed by atoms with E-state index in [0.29, 0.717) is 0 Å². The van der Waals surface area contributed by atoms with Crippen molar-refractivity contribution in [3.63, 3.8) is 0 Å². The van der Waals surface area contributed by atoms with Crippen molar-refractivity contribution in [2.45, 2.75) is 20.0 Å². The third kappa shape index (κ3) is 3.31. The highest BCUT2D eigenvalue weighted by atomic mass is 15.1. The zero-order chi connectivity index (χ0) is 12.8. The summed E-state index contributed by atoms with van der Waals surface area (Å²) in [6.07, 6.45) is 1.83. The van der Waals surface area contributed by atoms with Gasteiger partial charge in [-0.15, -0.1) is 0 Å². The molecule has 0 saturated carbocycles. The van der Waals surface area contributed by atoms with Crippen LogP contribution in [0.25, 0.3) is 0 Å². The highest BCUT2D eigenvalue weighted by Crippen LogP contribution is 2.14. The van der Waals surface area contributed by atoms with Crippen molar-refractivity contribution in [3.8, 4) is 0 Å². The average Bonchev–Trinajstić information content (AvgIpc) is 2.41. The van der Waals surface area contributed by atoms with Crippen molar-refractivity contribution < 1.29 is 0 Å². The molecule has 0 aliphatic rings. The summed E-state index contributed by atoms with van der Waals surface area (Å²) >= 11 is 0. The fourth-order valence-electron chi connectivity index (χ4n) is 1.92. The lowest BCUT2D eigenvalue weighted by Crippen LogP contribution is -2.23. The Morgan fingerprint density at radius 1 is 1.06 bits per heavy atom. The largest absolute Gasteiger partial charge is 0.398 e. The second kappa shape index (κ2) is 6.17. The maximum Gasteiger partial charge on any atom is 0.0544 e. The van der Waals surface area contributed by atoms with Gasteiger partial charge in [-0.25, -0.2) is 0 Å². The Balaban J connectivity index is 2.04. The molecule has 3 nitrogen and oxygen atoms in total. The number of hydrogen-bond acceptors (Lipinski definition) is 3. The minimum Gasteiger partial charge on any atom is -0.398 e. The minimum absolute atomic E-state index is 0.853. The van der Waals surface area contributed by atoms with E-state index in [2.05, 4.69) is 28.9 Å². The molecule has 0 amide bonds. The van der Waals surface area contributed by atoms with E-state index >= 15 is 0 Å². The predicted octanol–water partition coefficient (Wildman–Crippen LogP) is 2.69.